The fraction of sp³-hybridized carbons (Fsp3) is 0.375. The molecule has 0 atom stereocenters. The van der Waals surface area contributed by atoms with Gasteiger partial charge in [-0.3, -0.25) is 4.79 Å². The quantitative estimate of drug-likeness (QED) is 0.855. The number of fused-ring (bicyclic) bond motifs is 1. The van der Waals surface area contributed by atoms with Crippen molar-refractivity contribution in [3.63, 3.8) is 0 Å². The van der Waals surface area contributed by atoms with Crippen LogP contribution in [0.15, 0.2) is 30.3 Å². The van der Waals surface area contributed by atoms with Gasteiger partial charge in [0.1, 0.15) is 5.69 Å². The molecule has 1 aliphatic rings. The van der Waals surface area contributed by atoms with Crippen LogP contribution in [0.1, 0.15) is 16.9 Å². The number of hydrogen-bond acceptors (Lipinski definition) is 4. The number of carbonyl (C=O) groups excluding carboxylic acids is 1. The summed E-state index contributed by atoms with van der Waals surface area (Å²) in [5.41, 5.74) is 0.470. The molecule has 5 heteroatoms. The first-order chi connectivity index (χ1) is 10.3. The second-order valence-electron chi connectivity index (χ2n) is 5.00. The molecule has 0 saturated carbocycles. The van der Waals surface area contributed by atoms with Crippen LogP contribution in [0.5, 0.6) is 5.88 Å². The number of rotatable bonds is 2. The Morgan fingerprint density at radius 3 is 3.00 bits per heavy atom. The topological polar surface area (TPSA) is 42.4 Å². The molecule has 1 aromatic heterocycles. The zero-order valence-corrected chi connectivity index (χ0v) is 12.9. The summed E-state index contributed by atoms with van der Waals surface area (Å²) in [6, 6.07) is 9.70. The Balaban J connectivity index is 1.97. The van der Waals surface area contributed by atoms with Crippen LogP contribution in [-0.2, 0) is 0 Å². The van der Waals surface area contributed by atoms with Crippen molar-refractivity contribution in [2.45, 2.75) is 6.42 Å². The van der Waals surface area contributed by atoms with E-state index in [-0.39, 0.29) is 5.91 Å². The molecular weight excluding hydrogens is 284 g/mol. The summed E-state index contributed by atoms with van der Waals surface area (Å²) in [4.78, 5) is 19.0. The van der Waals surface area contributed by atoms with Crippen LogP contribution in [0, 0.1) is 0 Å². The fourth-order valence-corrected chi connectivity index (χ4v) is 3.43. The number of thioether (sulfide) groups is 1. The lowest BCUT2D eigenvalue weighted by Gasteiger charge is -2.20. The van der Waals surface area contributed by atoms with E-state index in [0.717, 1.165) is 41.8 Å². The summed E-state index contributed by atoms with van der Waals surface area (Å²) in [5, 5.41) is 1.92. The van der Waals surface area contributed by atoms with Crippen LogP contribution in [-0.4, -0.2) is 47.5 Å². The zero-order valence-electron chi connectivity index (χ0n) is 12.0. The molecule has 2 aromatic rings. The van der Waals surface area contributed by atoms with E-state index in [1.807, 2.05) is 47.0 Å². The molecule has 0 N–H and O–H groups in total. The van der Waals surface area contributed by atoms with Gasteiger partial charge in [0.25, 0.3) is 5.91 Å². The average molecular weight is 302 g/mol. The molecule has 0 aliphatic carbocycles. The van der Waals surface area contributed by atoms with Crippen LogP contribution < -0.4 is 4.74 Å². The number of amides is 1. The normalized spacial score (nSPS) is 15.8. The third-order valence-corrected chi connectivity index (χ3v) is 4.68. The molecule has 2 heterocycles. The molecule has 1 aliphatic heterocycles. The maximum Gasteiger partial charge on any atom is 0.272 e. The van der Waals surface area contributed by atoms with Gasteiger partial charge in [0.2, 0.25) is 5.88 Å². The lowest BCUT2D eigenvalue weighted by atomic mass is 10.1. The summed E-state index contributed by atoms with van der Waals surface area (Å²) in [7, 11) is 1.59. The third kappa shape index (κ3) is 2.97. The number of hydrogen-bond donors (Lipinski definition) is 0. The number of nitrogens with zero attached hydrogens (tertiary/aromatic N) is 2. The lowest BCUT2D eigenvalue weighted by molar-refractivity contribution is 0.0762. The van der Waals surface area contributed by atoms with E-state index in [4.69, 9.17) is 4.74 Å². The Morgan fingerprint density at radius 2 is 2.14 bits per heavy atom. The molecule has 0 radical (unpaired) electrons. The highest BCUT2D eigenvalue weighted by Crippen LogP contribution is 2.25. The van der Waals surface area contributed by atoms with Crippen molar-refractivity contribution in [2.75, 3.05) is 31.7 Å². The van der Waals surface area contributed by atoms with E-state index in [1.165, 1.54) is 0 Å². The van der Waals surface area contributed by atoms with Gasteiger partial charge in [-0.1, -0.05) is 18.2 Å². The Morgan fingerprint density at radius 1 is 1.29 bits per heavy atom. The van der Waals surface area contributed by atoms with Crippen LogP contribution in [0.3, 0.4) is 0 Å². The first-order valence-corrected chi connectivity index (χ1v) is 8.26. The van der Waals surface area contributed by atoms with Gasteiger partial charge in [-0.15, -0.1) is 0 Å². The summed E-state index contributed by atoms with van der Waals surface area (Å²) >= 11 is 1.90. The minimum atomic E-state index is 0.00144. The Bertz CT molecular complexity index is 652. The fourth-order valence-electron chi connectivity index (χ4n) is 2.54. The Labute approximate surface area is 128 Å². The molecule has 0 spiro atoms. The van der Waals surface area contributed by atoms with Crippen molar-refractivity contribution in [3.8, 4) is 5.88 Å². The smallest absolute Gasteiger partial charge is 0.272 e. The molecule has 0 unspecified atom stereocenters. The molecular formula is C16H18N2O2S. The average Bonchev–Trinajstić information content (AvgIpc) is 2.82. The van der Waals surface area contributed by atoms with E-state index in [1.54, 1.807) is 7.11 Å². The van der Waals surface area contributed by atoms with Crippen LogP contribution in [0.25, 0.3) is 10.8 Å². The first kappa shape index (κ1) is 14.2. The minimum absolute atomic E-state index is 0.00144. The van der Waals surface area contributed by atoms with Crippen molar-refractivity contribution < 1.29 is 9.53 Å². The van der Waals surface area contributed by atoms with E-state index in [2.05, 4.69) is 4.98 Å². The van der Waals surface area contributed by atoms with E-state index in [0.29, 0.717) is 11.6 Å². The molecule has 21 heavy (non-hydrogen) atoms. The predicted octanol–water partition coefficient (Wildman–Crippen LogP) is 2.82. The molecule has 3 rings (SSSR count). The van der Waals surface area contributed by atoms with Crippen LogP contribution in [0.4, 0.5) is 0 Å². The highest BCUT2D eigenvalue weighted by atomic mass is 32.2. The number of aromatic nitrogens is 1. The molecule has 1 saturated heterocycles. The van der Waals surface area contributed by atoms with Gasteiger partial charge in [0.15, 0.2) is 0 Å². The molecule has 1 amide bonds. The van der Waals surface area contributed by atoms with E-state index < -0.39 is 0 Å². The maximum atomic E-state index is 12.7. The third-order valence-electron chi connectivity index (χ3n) is 3.63. The number of pyridine rings is 1. The molecule has 0 bridgehead atoms. The Kier molecular flexibility index (Phi) is 4.29. The van der Waals surface area contributed by atoms with Crippen LogP contribution >= 0.6 is 11.8 Å². The molecule has 1 aromatic carbocycles. The van der Waals surface area contributed by atoms with Crippen molar-refractivity contribution >= 4 is 28.4 Å². The van der Waals surface area contributed by atoms with E-state index >= 15 is 0 Å². The van der Waals surface area contributed by atoms with Crippen molar-refractivity contribution in [1.82, 2.24) is 9.88 Å². The van der Waals surface area contributed by atoms with Crippen molar-refractivity contribution in [1.29, 1.82) is 0 Å². The summed E-state index contributed by atoms with van der Waals surface area (Å²) in [6.45, 7) is 1.60. The number of methoxy groups -OCH3 is 1. The molecule has 1 fully saturated rings. The van der Waals surface area contributed by atoms with Gasteiger partial charge in [-0.05, 0) is 29.7 Å². The number of carbonyl (C=O) groups is 1. The lowest BCUT2D eigenvalue weighted by Crippen LogP contribution is -2.33. The number of benzene rings is 1. The minimum Gasteiger partial charge on any atom is -0.481 e. The maximum absolute atomic E-state index is 12.7. The van der Waals surface area contributed by atoms with Gasteiger partial charge in [0.05, 0.1) is 7.11 Å². The van der Waals surface area contributed by atoms with Crippen LogP contribution in [0.2, 0.25) is 0 Å². The van der Waals surface area contributed by atoms with Crippen molar-refractivity contribution in [3.05, 3.63) is 36.0 Å². The SMILES string of the molecule is COc1nc(C(=O)N2CCCSCC2)cc2ccccc12. The molecule has 4 nitrogen and oxygen atoms in total. The highest BCUT2D eigenvalue weighted by Gasteiger charge is 2.20. The summed E-state index contributed by atoms with van der Waals surface area (Å²) in [5.74, 6) is 2.64. The van der Waals surface area contributed by atoms with Gasteiger partial charge in [-0.25, -0.2) is 4.98 Å². The van der Waals surface area contributed by atoms with E-state index in [9.17, 15) is 4.79 Å². The van der Waals surface area contributed by atoms with Gasteiger partial charge < -0.3 is 9.64 Å². The highest BCUT2D eigenvalue weighted by molar-refractivity contribution is 7.99. The first-order valence-electron chi connectivity index (χ1n) is 7.10. The second-order valence-corrected chi connectivity index (χ2v) is 6.22. The standard InChI is InChI=1S/C16H18N2O2S/c1-20-15-13-6-3-2-5-12(13)11-14(17-15)16(19)18-7-4-9-21-10-8-18/h2-3,5-6,11H,4,7-10H2,1H3. The summed E-state index contributed by atoms with van der Waals surface area (Å²) in [6.07, 6.45) is 1.04. The Hall–Kier alpha value is -1.75. The monoisotopic (exact) mass is 302 g/mol. The zero-order chi connectivity index (χ0) is 14.7. The van der Waals surface area contributed by atoms with Gasteiger partial charge in [-0.2, -0.15) is 11.8 Å². The summed E-state index contributed by atoms with van der Waals surface area (Å²) < 4.78 is 5.34. The second kappa shape index (κ2) is 6.35. The number of ether oxygens (including phenoxy) is 1. The predicted molar refractivity (Wildman–Crippen MR) is 86.1 cm³/mol. The molecule has 110 valence electrons. The van der Waals surface area contributed by atoms with Gasteiger partial charge in [0, 0.05) is 24.2 Å². The largest absolute Gasteiger partial charge is 0.481 e. The van der Waals surface area contributed by atoms with Gasteiger partial charge >= 0.3 is 0 Å². The van der Waals surface area contributed by atoms with Crippen molar-refractivity contribution in [2.24, 2.45) is 0 Å².